The van der Waals surface area contributed by atoms with Gasteiger partial charge in [0, 0.05) is 25.2 Å². The minimum atomic E-state index is -0.497. The molecule has 2 amide bonds. The minimum absolute atomic E-state index is 0.0208. The third-order valence-corrected chi connectivity index (χ3v) is 5.42. The van der Waals surface area contributed by atoms with Crippen LogP contribution < -0.4 is 10.1 Å². The van der Waals surface area contributed by atoms with Gasteiger partial charge >= 0.3 is 0 Å². The average molecular weight is 466 g/mol. The summed E-state index contributed by atoms with van der Waals surface area (Å²) in [4.78, 5) is 38.9. The van der Waals surface area contributed by atoms with Crippen molar-refractivity contribution in [2.45, 2.75) is 27.0 Å². The molecular weight excluding hydrogens is 440 g/mol. The molecule has 0 unspecified atom stereocenters. The fraction of sp³-hybridized carbons (Fsp3) is 0.333. The van der Waals surface area contributed by atoms with Gasteiger partial charge in [0.2, 0.25) is 0 Å². The number of aromatic nitrogens is 2. The maximum atomic E-state index is 13.1. The normalized spacial score (nSPS) is 13.5. The van der Waals surface area contributed by atoms with Gasteiger partial charge < -0.3 is 24.1 Å². The Hall–Kier alpha value is -3.92. The number of benzene rings is 1. The van der Waals surface area contributed by atoms with Crippen LogP contribution in [-0.2, 0) is 17.9 Å². The van der Waals surface area contributed by atoms with Crippen molar-refractivity contribution in [1.29, 1.82) is 0 Å². The minimum Gasteiger partial charge on any atom is -0.486 e. The summed E-state index contributed by atoms with van der Waals surface area (Å²) in [6.07, 6.45) is 1.47. The number of nitrogens with one attached hydrogen (secondary N) is 1. The predicted molar refractivity (Wildman–Crippen MR) is 122 cm³/mol. The summed E-state index contributed by atoms with van der Waals surface area (Å²) in [6, 6.07) is 9.96. The maximum Gasteiger partial charge on any atom is 0.291 e. The van der Waals surface area contributed by atoms with Gasteiger partial charge in [0.15, 0.2) is 11.5 Å². The molecular formula is C24H26N4O6. The summed E-state index contributed by atoms with van der Waals surface area (Å²) in [5, 5.41) is 6.97. The van der Waals surface area contributed by atoms with Gasteiger partial charge in [0.05, 0.1) is 25.1 Å². The van der Waals surface area contributed by atoms with E-state index in [0.717, 1.165) is 0 Å². The van der Waals surface area contributed by atoms with Crippen LogP contribution in [0.4, 0.5) is 5.69 Å². The van der Waals surface area contributed by atoms with Crippen molar-refractivity contribution in [2.24, 2.45) is 0 Å². The molecule has 1 aliphatic rings. The zero-order valence-electron chi connectivity index (χ0n) is 19.1. The fourth-order valence-electron chi connectivity index (χ4n) is 3.56. The number of anilines is 1. The van der Waals surface area contributed by atoms with Crippen LogP contribution in [0.2, 0.25) is 0 Å². The van der Waals surface area contributed by atoms with Crippen molar-refractivity contribution < 1.29 is 28.3 Å². The lowest BCUT2D eigenvalue weighted by Gasteiger charge is -2.27. The summed E-state index contributed by atoms with van der Waals surface area (Å²) in [5.74, 6) is 0.387. The number of Topliss-reactive ketones (excluding diaryl/α,β-unsaturated/α-hetero) is 1. The van der Waals surface area contributed by atoms with E-state index in [2.05, 4.69) is 10.4 Å². The molecule has 34 heavy (non-hydrogen) atoms. The summed E-state index contributed by atoms with van der Waals surface area (Å²) >= 11 is 0. The SMILES string of the molecule is CCn1ncc(NC(=O)c2ccc(COc3ccc(C(C)=O)cc3)o2)c1C(=O)N1CCOCC1. The number of hydrogen-bond donors (Lipinski definition) is 1. The van der Waals surface area contributed by atoms with E-state index in [4.69, 9.17) is 13.9 Å². The Morgan fingerprint density at radius 1 is 1.09 bits per heavy atom. The van der Waals surface area contributed by atoms with Crippen LogP contribution in [0, 0.1) is 0 Å². The van der Waals surface area contributed by atoms with Crippen LogP contribution in [0.5, 0.6) is 5.75 Å². The summed E-state index contributed by atoms with van der Waals surface area (Å²) in [7, 11) is 0. The standard InChI is InChI=1S/C24H26N4O6/c1-3-28-22(24(31)27-10-12-32-13-11-27)20(14-25-28)26-23(30)21-9-8-19(34-21)15-33-18-6-4-17(5-7-18)16(2)29/h4-9,14H,3,10-13,15H2,1-2H3,(H,26,30). The number of carbonyl (C=O) groups excluding carboxylic acids is 3. The van der Waals surface area contributed by atoms with Crippen molar-refractivity contribution in [3.05, 3.63) is 65.4 Å². The van der Waals surface area contributed by atoms with Gasteiger partial charge in [0.1, 0.15) is 23.8 Å². The fourth-order valence-corrected chi connectivity index (χ4v) is 3.56. The van der Waals surface area contributed by atoms with E-state index in [1.54, 1.807) is 46.0 Å². The van der Waals surface area contributed by atoms with E-state index < -0.39 is 5.91 Å². The largest absolute Gasteiger partial charge is 0.486 e. The zero-order chi connectivity index (χ0) is 24.1. The molecule has 3 heterocycles. The van der Waals surface area contributed by atoms with Crippen LogP contribution in [-0.4, -0.2) is 58.6 Å². The number of morpholine rings is 1. The third-order valence-electron chi connectivity index (χ3n) is 5.42. The van der Waals surface area contributed by atoms with E-state index in [9.17, 15) is 14.4 Å². The molecule has 0 spiro atoms. The summed E-state index contributed by atoms with van der Waals surface area (Å²) < 4.78 is 18.2. The lowest BCUT2D eigenvalue weighted by atomic mass is 10.1. The van der Waals surface area contributed by atoms with Gasteiger partial charge in [0.25, 0.3) is 11.8 Å². The lowest BCUT2D eigenvalue weighted by molar-refractivity contribution is 0.0295. The Balaban J connectivity index is 1.41. The van der Waals surface area contributed by atoms with E-state index in [0.29, 0.717) is 61.3 Å². The molecule has 1 aliphatic heterocycles. The molecule has 0 atom stereocenters. The number of hydrogen-bond acceptors (Lipinski definition) is 7. The van der Waals surface area contributed by atoms with Crippen molar-refractivity contribution >= 4 is 23.3 Å². The second-order valence-corrected chi connectivity index (χ2v) is 7.72. The van der Waals surface area contributed by atoms with Gasteiger partial charge in [-0.25, -0.2) is 0 Å². The molecule has 3 aromatic rings. The molecule has 178 valence electrons. The highest BCUT2D eigenvalue weighted by Gasteiger charge is 2.26. The van der Waals surface area contributed by atoms with Crippen LogP contribution in [0.3, 0.4) is 0 Å². The van der Waals surface area contributed by atoms with E-state index in [1.165, 1.54) is 13.1 Å². The van der Waals surface area contributed by atoms with Crippen molar-refractivity contribution in [2.75, 3.05) is 31.6 Å². The molecule has 1 N–H and O–H groups in total. The number of rotatable bonds is 8. The Labute approximate surface area is 196 Å². The van der Waals surface area contributed by atoms with Crippen LogP contribution in [0.15, 0.2) is 47.0 Å². The first-order valence-corrected chi connectivity index (χ1v) is 11.0. The monoisotopic (exact) mass is 466 g/mol. The predicted octanol–water partition coefficient (Wildman–Crippen LogP) is 3.00. The molecule has 0 saturated carbocycles. The number of ether oxygens (including phenoxy) is 2. The Kier molecular flexibility index (Phi) is 7.07. The summed E-state index contributed by atoms with van der Waals surface area (Å²) in [5.41, 5.74) is 1.24. The van der Waals surface area contributed by atoms with Crippen LogP contribution >= 0.6 is 0 Å². The molecule has 1 fully saturated rings. The molecule has 0 bridgehead atoms. The van der Waals surface area contributed by atoms with E-state index >= 15 is 0 Å². The highest BCUT2D eigenvalue weighted by atomic mass is 16.5. The second kappa shape index (κ2) is 10.3. The Morgan fingerprint density at radius 2 is 1.82 bits per heavy atom. The van der Waals surface area contributed by atoms with E-state index in [-0.39, 0.29) is 24.1 Å². The zero-order valence-corrected chi connectivity index (χ0v) is 19.1. The van der Waals surface area contributed by atoms with Gasteiger partial charge in [-0.1, -0.05) is 0 Å². The molecule has 0 aliphatic carbocycles. The van der Waals surface area contributed by atoms with Crippen LogP contribution in [0.25, 0.3) is 0 Å². The first kappa shape index (κ1) is 23.2. The number of nitrogens with zero attached hydrogens (tertiary/aromatic N) is 3. The number of ketones is 1. The smallest absolute Gasteiger partial charge is 0.291 e. The molecule has 4 rings (SSSR count). The Morgan fingerprint density at radius 3 is 2.50 bits per heavy atom. The highest BCUT2D eigenvalue weighted by Crippen LogP contribution is 2.21. The van der Waals surface area contributed by atoms with Gasteiger partial charge in [-0.05, 0) is 50.2 Å². The molecule has 1 aromatic carbocycles. The molecule has 10 heteroatoms. The first-order chi connectivity index (χ1) is 16.5. The number of carbonyl (C=O) groups is 3. The first-order valence-electron chi connectivity index (χ1n) is 11.0. The second-order valence-electron chi connectivity index (χ2n) is 7.72. The Bertz CT molecular complexity index is 1170. The van der Waals surface area contributed by atoms with Gasteiger partial charge in [-0.3, -0.25) is 19.1 Å². The summed E-state index contributed by atoms with van der Waals surface area (Å²) in [6.45, 7) is 5.90. The number of amides is 2. The van der Waals surface area contributed by atoms with Crippen molar-refractivity contribution in [3.8, 4) is 5.75 Å². The highest BCUT2D eigenvalue weighted by molar-refractivity contribution is 6.07. The molecule has 10 nitrogen and oxygen atoms in total. The lowest BCUT2D eigenvalue weighted by Crippen LogP contribution is -2.41. The molecule has 2 aromatic heterocycles. The quantitative estimate of drug-likeness (QED) is 0.507. The van der Waals surface area contributed by atoms with E-state index in [1.807, 2.05) is 6.92 Å². The van der Waals surface area contributed by atoms with Gasteiger partial charge in [-0.15, -0.1) is 0 Å². The number of aryl methyl sites for hydroxylation is 1. The molecule has 0 radical (unpaired) electrons. The molecule has 1 saturated heterocycles. The maximum absolute atomic E-state index is 13.1. The topological polar surface area (TPSA) is 116 Å². The van der Waals surface area contributed by atoms with Crippen molar-refractivity contribution in [1.82, 2.24) is 14.7 Å². The van der Waals surface area contributed by atoms with Crippen LogP contribution in [0.1, 0.15) is 51.0 Å². The average Bonchev–Trinajstić information content (AvgIpc) is 3.50. The number of furan rings is 1. The third kappa shape index (κ3) is 5.18. The van der Waals surface area contributed by atoms with Crippen molar-refractivity contribution in [3.63, 3.8) is 0 Å². The van der Waals surface area contributed by atoms with Gasteiger partial charge in [-0.2, -0.15) is 5.10 Å².